The number of benzene rings is 2. The Morgan fingerprint density at radius 2 is 1.78 bits per heavy atom. The summed E-state index contributed by atoms with van der Waals surface area (Å²) in [7, 11) is 3.98. The Labute approximate surface area is 137 Å². The Hall–Kier alpha value is -2.64. The predicted molar refractivity (Wildman–Crippen MR) is 90.9 cm³/mol. The number of hydrogen-bond acceptors (Lipinski definition) is 3. The van der Waals surface area contributed by atoms with Gasteiger partial charge in [0.25, 0.3) is 5.91 Å². The third-order valence-electron chi connectivity index (χ3n) is 3.56. The maximum absolute atomic E-state index is 12.8. The first-order valence-electron chi connectivity index (χ1n) is 7.58. The highest BCUT2D eigenvalue weighted by atomic mass is 16.2. The lowest BCUT2D eigenvalue weighted by Crippen LogP contribution is -2.36. The molecule has 2 rings (SSSR count). The number of nitrogens with zero attached hydrogens (tertiary/aromatic N) is 3. The number of carbonyl (C=O) groups excluding carboxylic acids is 1. The lowest BCUT2D eigenvalue weighted by atomic mass is 10.1. The molecule has 0 heterocycles. The second kappa shape index (κ2) is 8.11. The number of carbonyl (C=O) groups is 1. The number of rotatable bonds is 6. The Morgan fingerprint density at radius 3 is 2.43 bits per heavy atom. The van der Waals surface area contributed by atoms with Gasteiger partial charge in [0, 0.05) is 25.2 Å². The predicted octanol–water partition coefficient (Wildman–Crippen LogP) is 2.76. The summed E-state index contributed by atoms with van der Waals surface area (Å²) in [5.41, 5.74) is 2.15. The zero-order valence-corrected chi connectivity index (χ0v) is 13.6. The van der Waals surface area contributed by atoms with Crippen LogP contribution in [0.25, 0.3) is 0 Å². The molecule has 4 nitrogen and oxygen atoms in total. The molecule has 1 amide bonds. The van der Waals surface area contributed by atoms with E-state index in [-0.39, 0.29) is 5.91 Å². The van der Waals surface area contributed by atoms with Crippen molar-refractivity contribution in [1.29, 1.82) is 5.26 Å². The Balaban J connectivity index is 2.21. The van der Waals surface area contributed by atoms with Crippen LogP contribution in [0.2, 0.25) is 0 Å². The van der Waals surface area contributed by atoms with E-state index in [1.165, 1.54) is 0 Å². The number of amides is 1. The van der Waals surface area contributed by atoms with Crippen molar-refractivity contribution >= 4 is 5.91 Å². The fraction of sp³-hybridized carbons (Fsp3) is 0.263. The minimum atomic E-state index is -0.0483. The average Bonchev–Trinajstić information content (AvgIpc) is 2.58. The minimum absolute atomic E-state index is 0.0483. The quantitative estimate of drug-likeness (QED) is 0.824. The molecule has 0 saturated heterocycles. The van der Waals surface area contributed by atoms with Gasteiger partial charge in [0.2, 0.25) is 0 Å². The van der Waals surface area contributed by atoms with Crippen molar-refractivity contribution in [3.63, 3.8) is 0 Å². The van der Waals surface area contributed by atoms with Crippen LogP contribution in [0.1, 0.15) is 21.5 Å². The first-order valence-corrected chi connectivity index (χ1v) is 7.58. The van der Waals surface area contributed by atoms with Crippen LogP contribution < -0.4 is 0 Å². The molecule has 4 heteroatoms. The van der Waals surface area contributed by atoms with Crippen LogP contribution in [-0.4, -0.2) is 42.9 Å². The van der Waals surface area contributed by atoms with Gasteiger partial charge >= 0.3 is 0 Å². The van der Waals surface area contributed by atoms with E-state index in [0.29, 0.717) is 24.2 Å². The lowest BCUT2D eigenvalue weighted by molar-refractivity contribution is 0.0732. The molecular formula is C19H21N3O. The zero-order valence-electron chi connectivity index (χ0n) is 13.6. The molecule has 2 aromatic carbocycles. The highest BCUT2D eigenvalue weighted by molar-refractivity contribution is 5.94. The summed E-state index contributed by atoms with van der Waals surface area (Å²) in [4.78, 5) is 16.7. The van der Waals surface area contributed by atoms with E-state index >= 15 is 0 Å². The molecule has 0 unspecified atom stereocenters. The zero-order chi connectivity index (χ0) is 16.7. The average molecular weight is 307 g/mol. The van der Waals surface area contributed by atoms with Crippen molar-refractivity contribution in [2.45, 2.75) is 6.54 Å². The first kappa shape index (κ1) is 16.7. The number of nitriles is 1. The number of likely N-dealkylation sites (N-methyl/N-ethyl adjacent to an activating group) is 1. The van der Waals surface area contributed by atoms with Gasteiger partial charge in [-0.2, -0.15) is 5.26 Å². The molecule has 0 spiro atoms. The van der Waals surface area contributed by atoms with Crippen LogP contribution in [0.5, 0.6) is 0 Å². The third kappa shape index (κ3) is 4.94. The largest absolute Gasteiger partial charge is 0.333 e. The Morgan fingerprint density at radius 1 is 1.04 bits per heavy atom. The van der Waals surface area contributed by atoms with Gasteiger partial charge < -0.3 is 9.80 Å². The Bertz CT molecular complexity index is 689. The molecule has 0 aliphatic heterocycles. The van der Waals surface area contributed by atoms with Gasteiger partial charge in [0.1, 0.15) is 0 Å². The summed E-state index contributed by atoms with van der Waals surface area (Å²) >= 11 is 0. The van der Waals surface area contributed by atoms with Crippen LogP contribution in [-0.2, 0) is 6.54 Å². The standard InChI is InChI=1S/C19H21N3O/c1-21(2)11-12-22(15-16-7-4-3-5-8-16)19(23)18-10-6-9-17(13-18)14-20/h3-10,13H,11-12,15H2,1-2H3. The van der Waals surface area contributed by atoms with Crippen molar-refractivity contribution in [2.75, 3.05) is 27.2 Å². The molecular weight excluding hydrogens is 286 g/mol. The molecule has 0 saturated carbocycles. The lowest BCUT2D eigenvalue weighted by Gasteiger charge is -2.24. The van der Waals surface area contributed by atoms with Crippen molar-refractivity contribution in [2.24, 2.45) is 0 Å². The monoisotopic (exact) mass is 307 g/mol. The van der Waals surface area contributed by atoms with Crippen molar-refractivity contribution in [1.82, 2.24) is 9.80 Å². The maximum Gasteiger partial charge on any atom is 0.254 e. The molecule has 0 atom stereocenters. The molecule has 2 aromatic rings. The summed E-state index contributed by atoms with van der Waals surface area (Å²) in [5, 5.41) is 9.01. The van der Waals surface area contributed by atoms with Crippen LogP contribution in [0, 0.1) is 11.3 Å². The van der Waals surface area contributed by atoms with E-state index in [9.17, 15) is 4.79 Å². The molecule has 0 N–H and O–H groups in total. The van der Waals surface area contributed by atoms with E-state index in [1.54, 1.807) is 24.3 Å². The van der Waals surface area contributed by atoms with E-state index in [0.717, 1.165) is 12.1 Å². The van der Waals surface area contributed by atoms with Gasteiger partial charge in [-0.05, 0) is 37.9 Å². The van der Waals surface area contributed by atoms with Gasteiger partial charge in [-0.15, -0.1) is 0 Å². The normalized spacial score (nSPS) is 10.3. The first-order chi connectivity index (χ1) is 11.1. The van der Waals surface area contributed by atoms with Crippen LogP contribution in [0.4, 0.5) is 0 Å². The minimum Gasteiger partial charge on any atom is -0.333 e. The fourth-order valence-electron chi connectivity index (χ4n) is 2.28. The SMILES string of the molecule is CN(C)CCN(Cc1ccccc1)C(=O)c1cccc(C#N)c1. The third-order valence-corrected chi connectivity index (χ3v) is 3.56. The summed E-state index contributed by atoms with van der Waals surface area (Å²) in [5.74, 6) is -0.0483. The topological polar surface area (TPSA) is 47.3 Å². The summed E-state index contributed by atoms with van der Waals surface area (Å²) in [6, 6.07) is 18.9. The molecule has 0 aromatic heterocycles. The highest BCUT2D eigenvalue weighted by Gasteiger charge is 2.16. The molecule has 23 heavy (non-hydrogen) atoms. The van der Waals surface area contributed by atoms with Gasteiger partial charge in [0.05, 0.1) is 11.6 Å². The van der Waals surface area contributed by atoms with Crippen LogP contribution in [0.3, 0.4) is 0 Å². The highest BCUT2D eigenvalue weighted by Crippen LogP contribution is 2.12. The fourth-order valence-corrected chi connectivity index (χ4v) is 2.28. The molecule has 0 aliphatic rings. The van der Waals surface area contributed by atoms with Gasteiger partial charge in [-0.1, -0.05) is 36.4 Å². The van der Waals surface area contributed by atoms with E-state index in [2.05, 4.69) is 11.0 Å². The number of hydrogen-bond donors (Lipinski definition) is 0. The van der Waals surface area contributed by atoms with Crippen LogP contribution in [0.15, 0.2) is 54.6 Å². The summed E-state index contributed by atoms with van der Waals surface area (Å²) in [6.07, 6.45) is 0. The smallest absolute Gasteiger partial charge is 0.254 e. The summed E-state index contributed by atoms with van der Waals surface area (Å²) < 4.78 is 0. The van der Waals surface area contributed by atoms with Crippen molar-refractivity contribution < 1.29 is 4.79 Å². The summed E-state index contributed by atoms with van der Waals surface area (Å²) in [6.45, 7) is 1.98. The van der Waals surface area contributed by atoms with Gasteiger partial charge in [-0.3, -0.25) is 4.79 Å². The van der Waals surface area contributed by atoms with Crippen molar-refractivity contribution in [3.8, 4) is 6.07 Å². The molecule has 118 valence electrons. The second-order valence-corrected chi connectivity index (χ2v) is 5.71. The van der Waals surface area contributed by atoms with E-state index in [1.807, 2.05) is 49.3 Å². The van der Waals surface area contributed by atoms with Crippen LogP contribution >= 0.6 is 0 Å². The van der Waals surface area contributed by atoms with Gasteiger partial charge in [0.15, 0.2) is 0 Å². The Kier molecular flexibility index (Phi) is 5.90. The van der Waals surface area contributed by atoms with E-state index in [4.69, 9.17) is 5.26 Å². The molecule has 0 aliphatic carbocycles. The maximum atomic E-state index is 12.8. The van der Waals surface area contributed by atoms with Crippen molar-refractivity contribution in [3.05, 3.63) is 71.3 Å². The van der Waals surface area contributed by atoms with Gasteiger partial charge in [-0.25, -0.2) is 0 Å². The molecule has 0 bridgehead atoms. The van der Waals surface area contributed by atoms with E-state index < -0.39 is 0 Å². The second-order valence-electron chi connectivity index (χ2n) is 5.71. The molecule has 0 radical (unpaired) electrons. The molecule has 0 fully saturated rings.